The lowest BCUT2D eigenvalue weighted by Gasteiger charge is -2.37. The van der Waals surface area contributed by atoms with E-state index in [1.807, 2.05) is 12.1 Å². The van der Waals surface area contributed by atoms with Crippen molar-refractivity contribution in [1.29, 1.82) is 0 Å². The highest BCUT2D eigenvalue weighted by atomic mass is 32.2. The molecule has 1 aromatic carbocycles. The van der Waals surface area contributed by atoms with E-state index < -0.39 is 45.2 Å². The summed E-state index contributed by atoms with van der Waals surface area (Å²) >= 11 is 0. The van der Waals surface area contributed by atoms with Crippen LogP contribution < -0.4 is 9.62 Å². The molecule has 47 heavy (non-hydrogen) atoms. The second kappa shape index (κ2) is 14.1. The van der Waals surface area contributed by atoms with Crippen molar-refractivity contribution < 1.29 is 27.9 Å². The van der Waals surface area contributed by atoms with Crippen LogP contribution in [0.1, 0.15) is 103 Å². The number of aliphatic carboxylic acids is 1. The molecular weight excluding hydrogens is 616 g/mol. The molecule has 2 heterocycles. The van der Waals surface area contributed by atoms with Crippen molar-refractivity contribution in [2.45, 2.75) is 115 Å². The second-order valence-corrected chi connectivity index (χ2v) is 16.2. The van der Waals surface area contributed by atoms with E-state index in [0.29, 0.717) is 5.69 Å². The lowest BCUT2D eigenvalue weighted by molar-refractivity contribution is -0.141. The summed E-state index contributed by atoms with van der Waals surface area (Å²) in [5.41, 5.74) is 0.956. The van der Waals surface area contributed by atoms with Crippen molar-refractivity contribution in [3.63, 3.8) is 0 Å². The third kappa shape index (κ3) is 9.16. The molecule has 1 aliphatic carbocycles. The number of nitrogens with one attached hydrogen (secondary N) is 1. The number of pyridine rings is 2. The number of benzene rings is 1. The molecule has 0 saturated heterocycles. The summed E-state index contributed by atoms with van der Waals surface area (Å²) in [6.45, 7) is 12.5. The molecule has 11 heteroatoms. The van der Waals surface area contributed by atoms with E-state index in [-0.39, 0.29) is 22.5 Å². The van der Waals surface area contributed by atoms with Gasteiger partial charge in [0.25, 0.3) is 0 Å². The lowest BCUT2D eigenvalue weighted by atomic mass is 9.85. The number of amides is 1. The van der Waals surface area contributed by atoms with Crippen LogP contribution in [-0.2, 0) is 31.4 Å². The Morgan fingerprint density at radius 2 is 1.64 bits per heavy atom. The second-order valence-electron chi connectivity index (χ2n) is 14.5. The van der Waals surface area contributed by atoms with E-state index in [4.69, 9.17) is 9.72 Å². The van der Waals surface area contributed by atoms with Crippen LogP contribution in [0.3, 0.4) is 0 Å². The minimum atomic E-state index is -4.02. The smallest absolute Gasteiger partial charge is 0.416 e. The van der Waals surface area contributed by atoms with Crippen molar-refractivity contribution in [2.75, 3.05) is 4.90 Å². The van der Waals surface area contributed by atoms with Crippen molar-refractivity contribution >= 4 is 27.9 Å². The van der Waals surface area contributed by atoms with E-state index in [0.717, 1.165) is 23.3 Å². The van der Waals surface area contributed by atoms with Gasteiger partial charge in [-0.05, 0) is 92.7 Å². The van der Waals surface area contributed by atoms with Gasteiger partial charge >= 0.3 is 12.1 Å². The van der Waals surface area contributed by atoms with Crippen LogP contribution in [0, 0.1) is 5.41 Å². The fourth-order valence-corrected chi connectivity index (χ4v) is 7.03. The van der Waals surface area contributed by atoms with Gasteiger partial charge in [0, 0.05) is 12.4 Å². The summed E-state index contributed by atoms with van der Waals surface area (Å²) in [5.74, 6) is -1.19. The van der Waals surface area contributed by atoms with E-state index in [1.54, 1.807) is 53.7 Å². The van der Waals surface area contributed by atoms with Crippen LogP contribution in [-0.4, -0.2) is 47.2 Å². The molecule has 2 atom stereocenters. The number of unbranched alkanes of at least 4 members (excludes halogenated alkanes) is 1. The Labute approximate surface area is 279 Å². The number of carboxylic acids is 1. The quantitative estimate of drug-likeness (QED) is 0.196. The Hall–Kier alpha value is -3.83. The number of hydrogen-bond acceptors (Lipinski definition) is 7. The first kappa shape index (κ1) is 36.0. The molecule has 4 rings (SSSR count). The molecule has 10 nitrogen and oxygen atoms in total. The van der Waals surface area contributed by atoms with Gasteiger partial charge in [0.2, 0.25) is 10.0 Å². The number of aromatic nitrogens is 2. The third-order valence-corrected chi connectivity index (χ3v) is 9.88. The fraction of sp³-hybridized carbons (Fsp3) is 0.500. The van der Waals surface area contributed by atoms with Crippen LogP contribution in [0.25, 0.3) is 0 Å². The molecule has 2 N–H and O–H groups in total. The number of hydrogen-bond donors (Lipinski definition) is 2. The fourth-order valence-electron chi connectivity index (χ4n) is 5.84. The minimum absolute atomic E-state index is 0.0362. The number of sulfonamides is 1. The Morgan fingerprint density at radius 3 is 2.17 bits per heavy atom. The standard InChI is InChI=1S/C36H48N4O6S/c1-8-9-19-36(20-21-36)26-15-13-25(14-16-26)24-29(39-47(44,45)27-17-22-37-23-18-27)28-11-10-12-30(38-28)40(33(43)46-35(5,6)7)31(32(41)42)34(2,3)4/h10-18,22-23,29,31,39H,8-9,19-21,24H2,1-7H3,(H,41,42). The number of carboxylic acid groups (broad SMARTS) is 1. The van der Waals surface area contributed by atoms with Crippen molar-refractivity contribution in [1.82, 2.24) is 14.7 Å². The molecule has 1 amide bonds. The van der Waals surface area contributed by atoms with Crippen LogP contribution in [0.4, 0.5) is 10.6 Å². The average molecular weight is 665 g/mol. The summed E-state index contributed by atoms with van der Waals surface area (Å²) in [4.78, 5) is 36.0. The first-order valence-corrected chi connectivity index (χ1v) is 17.7. The number of carbonyl (C=O) groups is 2. The Balaban J connectivity index is 1.76. The Kier molecular flexibility index (Phi) is 10.8. The molecule has 254 valence electrons. The Morgan fingerprint density at radius 1 is 1.00 bits per heavy atom. The summed E-state index contributed by atoms with van der Waals surface area (Å²) in [6.07, 6.45) is 8.06. The average Bonchev–Trinajstić information content (AvgIpc) is 3.78. The first-order valence-electron chi connectivity index (χ1n) is 16.2. The Bertz CT molecular complexity index is 1640. The van der Waals surface area contributed by atoms with Gasteiger partial charge in [0.15, 0.2) is 0 Å². The molecule has 2 aromatic heterocycles. The van der Waals surface area contributed by atoms with Crippen LogP contribution >= 0.6 is 0 Å². The van der Waals surface area contributed by atoms with Crippen LogP contribution in [0.2, 0.25) is 0 Å². The van der Waals surface area contributed by atoms with Crippen molar-refractivity contribution in [3.05, 3.63) is 83.8 Å². The zero-order valence-electron chi connectivity index (χ0n) is 28.5. The summed E-state index contributed by atoms with van der Waals surface area (Å²) in [5, 5.41) is 10.3. The zero-order valence-corrected chi connectivity index (χ0v) is 29.3. The highest BCUT2D eigenvalue weighted by Gasteiger charge is 2.44. The van der Waals surface area contributed by atoms with Gasteiger partial charge in [0.05, 0.1) is 16.6 Å². The van der Waals surface area contributed by atoms with Crippen LogP contribution in [0.15, 0.2) is 71.9 Å². The summed E-state index contributed by atoms with van der Waals surface area (Å²) in [7, 11) is -4.02. The minimum Gasteiger partial charge on any atom is -0.480 e. The summed E-state index contributed by atoms with van der Waals surface area (Å²) in [6, 6.07) is 13.8. The number of anilines is 1. The number of ether oxygens (including phenoxy) is 1. The number of rotatable bonds is 13. The van der Waals surface area contributed by atoms with Crippen molar-refractivity contribution in [3.8, 4) is 0 Å². The predicted octanol–water partition coefficient (Wildman–Crippen LogP) is 7.20. The van der Waals surface area contributed by atoms with Crippen LogP contribution in [0.5, 0.6) is 0 Å². The maximum absolute atomic E-state index is 13.6. The molecule has 2 unspecified atom stereocenters. The molecule has 1 aliphatic rings. The largest absolute Gasteiger partial charge is 0.480 e. The highest BCUT2D eigenvalue weighted by molar-refractivity contribution is 7.89. The monoisotopic (exact) mass is 664 g/mol. The van der Waals surface area contributed by atoms with Gasteiger partial charge in [-0.3, -0.25) is 4.98 Å². The maximum Gasteiger partial charge on any atom is 0.416 e. The number of nitrogens with zero attached hydrogens (tertiary/aromatic N) is 3. The van der Waals surface area contributed by atoms with Crippen molar-refractivity contribution in [2.24, 2.45) is 5.41 Å². The molecule has 3 aromatic rings. The SMILES string of the molecule is CCCCC1(c2ccc(CC(NS(=O)(=O)c3ccncc3)c3cccc(N(C(=O)OC(C)(C)C)C(C(=O)O)C(C)(C)C)n3)cc2)CC1. The molecule has 0 radical (unpaired) electrons. The molecule has 1 fully saturated rings. The zero-order chi connectivity index (χ0) is 34.6. The topological polar surface area (TPSA) is 139 Å². The maximum atomic E-state index is 13.6. The summed E-state index contributed by atoms with van der Waals surface area (Å²) < 4.78 is 35.6. The van der Waals surface area contributed by atoms with E-state index >= 15 is 0 Å². The van der Waals surface area contributed by atoms with Gasteiger partial charge in [-0.15, -0.1) is 0 Å². The van der Waals surface area contributed by atoms with Gasteiger partial charge in [-0.1, -0.05) is 70.9 Å². The third-order valence-electron chi connectivity index (χ3n) is 8.39. The molecule has 0 aliphatic heterocycles. The van der Waals surface area contributed by atoms with Gasteiger partial charge in [-0.25, -0.2) is 32.6 Å². The molecular formula is C36H48N4O6S. The molecule has 0 bridgehead atoms. The predicted molar refractivity (Wildman–Crippen MR) is 182 cm³/mol. The molecule has 0 spiro atoms. The first-order chi connectivity index (χ1) is 22.0. The van der Waals surface area contributed by atoms with Gasteiger partial charge < -0.3 is 9.84 Å². The molecule has 1 saturated carbocycles. The van der Waals surface area contributed by atoms with E-state index in [9.17, 15) is 23.1 Å². The van der Waals surface area contributed by atoms with E-state index in [1.165, 1.54) is 55.4 Å². The lowest BCUT2D eigenvalue weighted by Crippen LogP contribution is -2.54. The highest BCUT2D eigenvalue weighted by Crippen LogP contribution is 2.52. The normalized spacial score (nSPS) is 15.8. The van der Waals surface area contributed by atoms with Gasteiger partial charge in [0.1, 0.15) is 17.5 Å². The van der Waals surface area contributed by atoms with E-state index in [2.05, 4.69) is 28.8 Å². The number of carbonyl (C=O) groups excluding carboxylic acids is 1. The van der Waals surface area contributed by atoms with Gasteiger partial charge in [-0.2, -0.15) is 0 Å².